The summed E-state index contributed by atoms with van der Waals surface area (Å²) in [5.41, 5.74) is 8.96. The number of carbonyl (C=O) groups is 1. The molecule has 37 heavy (non-hydrogen) atoms. The number of nitrogens with two attached hydrogens (primary N) is 1. The van der Waals surface area contributed by atoms with Crippen LogP contribution in [0.3, 0.4) is 0 Å². The molecule has 0 saturated carbocycles. The number of para-hydroxylation sites is 1. The average Bonchev–Trinajstić information content (AvgIpc) is 3.42. The molecule has 2 N–H and O–H groups in total. The Labute approximate surface area is 217 Å². The van der Waals surface area contributed by atoms with Crippen LogP contribution in [0.2, 0.25) is 0 Å². The number of fused-ring (bicyclic) bond motifs is 1. The van der Waals surface area contributed by atoms with E-state index in [4.69, 9.17) is 15.2 Å². The van der Waals surface area contributed by atoms with Crippen LogP contribution in [0.25, 0.3) is 11.0 Å². The molecule has 3 atom stereocenters. The summed E-state index contributed by atoms with van der Waals surface area (Å²) in [5.74, 6) is 2.36. The Bertz CT molecular complexity index is 1370. The molecule has 2 aliphatic rings. The smallest absolute Gasteiger partial charge is 0.410 e. The summed E-state index contributed by atoms with van der Waals surface area (Å²) in [6, 6.07) is 9.87. The van der Waals surface area contributed by atoms with Crippen LogP contribution >= 0.6 is 0 Å². The van der Waals surface area contributed by atoms with E-state index in [1.165, 1.54) is 6.33 Å². The Kier molecular flexibility index (Phi) is 6.43. The topological polar surface area (TPSA) is 95.5 Å². The van der Waals surface area contributed by atoms with Gasteiger partial charge in [0.2, 0.25) is 0 Å². The summed E-state index contributed by atoms with van der Waals surface area (Å²) in [6.45, 7) is 11.2. The van der Waals surface area contributed by atoms with Gasteiger partial charge in [-0.3, -0.25) is 0 Å². The molecule has 1 aromatic carbocycles. The number of ether oxygens (including phenoxy) is 2. The van der Waals surface area contributed by atoms with E-state index in [1.807, 2.05) is 57.2 Å². The van der Waals surface area contributed by atoms with Gasteiger partial charge in [-0.25, -0.2) is 14.8 Å². The highest BCUT2D eigenvalue weighted by atomic mass is 16.6. The van der Waals surface area contributed by atoms with E-state index < -0.39 is 5.60 Å². The van der Waals surface area contributed by atoms with E-state index in [2.05, 4.69) is 40.5 Å². The molecule has 2 aromatic heterocycles. The minimum atomic E-state index is -0.528. The number of nitrogen functional groups attached to an aromatic ring is 1. The maximum Gasteiger partial charge on any atom is 0.410 e. The van der Waals surface area contributed by atoms with Crippen LogP contribution in [0, 0.1) is 12.8 Å². The number of rotatable bonds is 4. The van der Waals surface area contributed by atoms with E-state index in [0.29, 0.717) is 18.9 Å². The molecule has 5 rings (SSSR count). The van der Waals surface area contributed by atoms with Gasteiger partial charge in [-0.05, 0) is 69.9 Å². The monoisotopic (exact) mass is 501 g/mol. The fraction of sp³-hybridized carbons (Fsp3) is 0.414. The molecule has 8 heteroatoms. The van der Waals surface area contributed by atoms with Gasteiger partial charge in [0.1, 0.15) is 34.9 Å². The highest BCUT2D eigenvalue weighted by Gasteiger charge is 2.35. The second kappa shape index (κ2) is 9.57. The zero-order valence-corrected chi connectivity index (χ0v) is 22.1. The zero-order valence-electron chi connectivity index (χ0n) is 22.1. The standard InChI is InChI=1S/C29H35N5O3/c1-18-15-22(36-21-9-7-6-8-10-21)11-12-23(18)24-19(2)34(27-25(24)26(30)31-17-32-27)20-13-14-33(16-20)28(35)37-29(3,4)5/h6-12,15,17-18,20,23H,13-14,16H2,1-5H3,(H2,30,31,32)/t18?,20-,23?/m1/s1. The van der Waals surface area contributed by atoms with Gasteiger partial charge < -0.3 is 24.7 Å². The minimum absolute atomic E-state index is 0.0773. The Morgan fingerprint density at radius 3 is 2.62 bits per heavy atom. The summed E-state index contributed by atoms with van der Waals surface area (Å²) in [7, 11) is 0. The number of likely N-dealkylation sites (tertiary alicyclic amines) is 1. The summed E-state index contributed by atoms with van der Waals surface area (Å²) >= 11 is 0. The lowest BCUT2D eigenvalue weighted by Gasteiger charge is -2.25. The lowest BCUT2D eigenvalue weighted by molar-refractivity contribution is 0.0289. The third-order valence-corrected chi connectivity index (χ3v) is 7.06. The number of hydrogen-bond acceptors (Lipinski definition) is 6. The molecule has 1 saturated heterocycles. The molecule has 1 aliphatic carbocycles. The second-order valence-electron chi connectivity index (χ2n) is 10.9. The number of carbonyl (C=O) groups excluding carboxylic acids is 1. The number of anilines is 1. The SMILES string of the molecule is Cc1c(C2C=CC(Oc3ccccc3)=CC2C)c2c(N)ncnc2n1[C@@H]1CCN(C(=O)OC(C)(C)C)C1. The fourth-order valence-electron chi connectivity index (χ4n) is 5.44. The van der Waals surface area contributed by atoms with Gasteiger partial charge in [-0.2, -0.15) is 0 Å². The van der Waals surface area contributed by atoms with Crippen LogP contribution in [-0.4, -0.2) is 44.2 Å². The van der Waals surface area contributed by atoms with Gasteiger partial charge in [0, 0.05) is 24.7 Å². The third kappa shape index (κ3) is 4.92. The van der Waals surface area contributed by atoms with Gasteiger partial charge >= 0.3 is 6.09 Å². The van der Waals surface area contributed by atoms with Crippen molar-refractivity contribution < 1.29 is 14.3 Å². The molecule has 194 valence electrons. The van der Waals surface area contributed by atoms with Gasteiger partial charge in [0.25, 0.3) is 0 Å². The summed E-state index contributed by atoms with van der Waals surface area (Å²) in [6.07, 6.45) is 8.42. The number of hydrogen-bond donors (Lipinski definition) is 1. The molecule has 1 amide bonds. The summed E-state index contributed by atoms with van der Waals surface area (Å²) in [5, 5.41) is 0.887. The number of aromatic nitrogens is 3. The molecular formula is C29H35N5O3. The number of benzene rings is 1. The molecule has 1 fully saturated rings. The van der Waals surface area contributed by atoms with E-state index in [0.717, 1.165) is 40.2 Å². The number of nitrogens with zero attached hydrogens (tertiary/aromatic N) is 4. The summed E-state index contributed by atoms with van der Waals surface area (Å²) in [4.78, 5) is 23.5. The lowest BCUT2D eigenvalue weighted by Crippen LogP contribution is -2.35. The highest BCUT2D eigenvalue weighted by molar-refractivity contribution is 5.92. The normalized spacial score (nSPS) is 21.8. The fourth-order valence-corrected chi connectivity index (χ4v) is 5.44. The first-order valence-electron chi connectivity index (χ1n) is 12.8. The minimum Gasteiger partial charge on any atom is -0.458 e. The van der Waals surface area contributed by atoms with Crippen molar-refractivity contribution >= 4 is 22.9 Å². The van der Waals surface area contributed by atoms with Crippen LogP contribution in [-0.2, 0) is 4.74 Å². The van der Waals surface area contributed by atoms with Crippen LogP contribution < -0.4 is 10.5 Å². The van der Waals surface area contributed by atoms with E-state index in [1.54, 1.807) is 4.90 Å². The van der Waals surface area contributed by atoms with Crippen molar-refractivity contribution in [2.75, 3.05) is 18.8 Å². The van der Waals surface area contributed by atoms with Crippen molar-refractivity contribution in [2.24, 2.45) is 5.92 Å². The van der Waals surface area contributed by atoms with Crippen LogP contribution in [0.5, 0.6) is 5.75 Å². The first-order valence-corrected chi connectivity index (χ1v) is 12.8. The molecule has 0 spiro atoms. The Hall–Kier alpha value is -3.81. The quantitative estimate of drug-likeness (QED) is 0.489. The predicted octanol–water partition coefficient (Wildman–Crippen LogP) is 5.76. The lowest BCUT2D eigenvalue weighted by atomic mass is 9.82. The largest absolute Gasteiger partial charge is 0.458 e. The molecule has 3 aromatic rings. The molecule has 3 heterocycles. The van der Waals surface area contributed by atoms with Gasteiger partial charge in [-0.15, -0.1) is 0 Å². The van der Waals surface area contributed by atoms with Gasteiger partial charge in [-0.1, -0.05) is 31.2 Å². The van der Waals surface area contributed by atoms with Crippen molar-refractivity contribution in [2.45, 2.75) is 58.6 Å². The Morgan fingerprint density at radius 1 is 1.16 bits per heavy atom. The van der Waals surface area contributed by atoms with Crippen LogP contribution in [0.4, 0.5) is 10.6 Å². The number of allylic oxidation sites excluding steroid dienone is 3. The van der Waals surface area contributed by atoms with Crippen molar-refractivity contribution in [1.29, 1.82) is 0 Å². The van der Waals surface area contributed by atoms with Gasteiger partial charge in [0.05, 0.1) is 11.4 Å². The molecule has 2 unspecified atom stereocenters. The molecule has 8 nitrogen and oxygen atoms in total. The van der Waals surface area contributed by atoms with Crippen molar-refractivity contribution in [1.82, 2.24) is 19.4 Å². The third-order valence-electron chi connectivity index (χ3n) is 7.06. The zero-order chi connectivity index (χ0) is 26.3. The summed E-state index contributed by atoms with van der Waals surface area (Å²) < 4.78 is 13.9. The van der Waals surface area contributed by atoms with Crippen molar-refractivity contribution in [3.05, 3.63) is 71.9 Å². The average molecular weight is 502 g/mol. The first kappa shape index (κ1) is 24.9. The molecule has 0 bridgehead atoms. The molecule has 1 aliphatic heterocycles. The number of amides is 1. The maximum atomic E-state index is 12.7. The maximum absolute atomic E-state index is 12.7. The molecular weight excluding hydrogens is 466 g/mol. The highest BCUT2D eigenvalue weighted by Crippen LogP contribution is 2.42. The second-order valence-corrected chi connectivity index (χ2v) is 10.9. The Morgan fingerprint density at radius 2 is 1.92 bits per heavy atom. The first-order chi connectivity index (χ1) is 17.6. The van der Waals surface area contributed by atoms with Crippen molar-refractivity contribution in [3.63, 3.8) is 0 Å². The van der Waals surface area contributed by atoms with Crippen molar-refractivity contribution in [3.8, 4) is 5.75 Å². The van der Waals surface area contributed by atoms with Crippen LogP contribution in [0.15, 0.2) is 60.6 Å². The van der Waals surface area contributed by atoms with Gasteiger partial charge in [0.15, 0.2) is 0 Å². The predicted molar refractivity (Wildman–Crippen MR) is 144 cm³/mol. The van der Waals surface area contributed by atoms with E-state index >= 15 is 0 Å². The van der Waals surface area contributed by atoms with E-state index in [-0.39, 0.29) is 24.0 Å². The Balaban J connectivity index is 1.46. The molecule has 0 radical (unpaired) electrons. The van der Waals surface area contributed by atoms with Crippen LogP contribution in [0.1, 0.15) is 57.3 Å². The van der Waals surface area contributed by atoms with E-state index in [9.17, 15) is 4.79 Å².